The number of hydrogen-bond acceptors (Lipinski definition) is 6. The van der Waals surface area contributed by atoms with Crippen LogP contribution in [0.25, 0.3) is 33.4 Å². The third-order valence-electron chi connectivity index (χ3n) is 4.86. The van der Waals surface area contributed by atoms with Gasteiger partial charge in [-0.25, -0.2) is 19.4 Å². The number of carbonyl (C=O) groups is 1. The van der Waals surface area contributed by atoms with E-state index >= 15 is 0 Å². The van der Waals surface area contributed by atoms with E-state index in [2.05, 4.69) is 10.1 Å². The number of aryl methyl sites for hydroxylation is 1. The van der Waals surface area contributed by atoms with E-state index in [0.29, 0.717) is 40.3 Å². The zero-order valence-corrected chi connectivity index (χ0v) is 16.3. The SMILES string of the molecule is CCn1ncc2c(C(=O)OCc3nc4ccccc4o3)cc(-c3ccccc3)nc21. The molecule has 0 aliphatic rings. The lowest BCUT2D eigenvalue weighted by Crippen LogP contribution is -2.08. The first kappa shape index (κ1) is 18.1. The summed E-state index contributed by atoms with van der Waals surface area (Å²) in [6.07, 6.45) is 1.65. The Kier molecular flexibility index (Phi) is 4.48. The quantitative estimate of drug-likeness (QED) is 0.402. The average molecular weight is 398 g/mol. The molecule has 0 aliphatic heterocycles. The van der Waals surface area contributed by atoms with Gasteiger partial charge in [-0.2, -0.15) is 5.10 Å². The van der Waals surface area contributed by atoms with Crippen LogP contribution in [0.5, 0.6) is 0 Å². The Morgan fingerprint density at radius 1 is 1.07 bits per heavy atom. The molecule has 0 atom stereocenters. The molecule has 3 aromatic heterocycles. The zero-order chi connectivity index (χ0) is 20.5. The van der Waals surface area contributed by atoms with Crippen LogP contribution in [-0.2, 0) is 17.9 Å². The molecule has 3 heterocycles. The van der Waals surface area contributed by atoms with Crippen molar-refractivity contribution in [3.8, 4) is 11.3 Å². The van der Waals surface area contributed by atoms with Gasteiger partial charge >= 0.3 is 5.97 Å². The molecule has 0 fully saturated rings. The number of nitrogens with zero attached hydrogens (tertiary/aromatic N) is 4. The Morgan fingerprint density at radius 3 is 2.67 bits per heavy atom. The number of hydrogen-bond donors (Lipinski definition) is 0. The lowest BCUT2D eigenvalue weighted by Gasteiger charge is -2.08. The number of carbonyl (C=O) groups excluding carboxylic acids is 1. The molecule has 0 amide bonds. The zero-order valence-electron chi connectivity index (χ0n) is 16.3. The van der Waals surface area contributed by atoms with Gasteiger partial charge in [-0.1, -0.05) is 42.5 Å². The molecule has 148 valence electrons. The van der Waals surface area contributed by atoms with E-state index in [1.807, 2.05) is 61.5 Å². The van der Waals surface area contributed by atoms with Crippen molar-refractivity contribution in [1.82, 2.24) is 19.7 Å². The Hall–Kier alpha value is -4.00. The van der Waals surface area contributed by atoms with E-state index in [4.69, 9.17) is 14.1 Å². The maximum absolute atomic E-state index is 13.0. The van der Waals surface area contributed by atoms with Crippen LogP contribution < -0.4 is 0 Å². The number of esters is 1. The highest BCUT2D eigenvalue weighted by molar-refractivity contribution is 6.03. The van der Waals surface area contributed by atoms with Gasteiger partial charge in [-0.3, -0.25) is 0 Å². The van der Waals surface area contributed by atoms with E-state index < -0.39 is 5.97 Å². The second kappa shape index (κ2) is 7.44. The van der Waals surface area contributed by atoms with Crippen LogP contribution >= 0.6 is 0 Å². The van der Waals surface area contributed by atoms with E-state index in [0.717, 1.165) is 11.1 Å². The van der Waals surface area contributed by atoms with E-state index in [9.17, 15) is 4.79 Å². The number of aromatic nitrogens is 4. The number of oxazole rings is 1. The van der Waals surface area contributed by atoms with Gasteiger partial charge < -0.3 is 9.15 Å². The molecule has 0 spiro atoms. The summed E-state index contributed by atoms with van der Waals surface area (Å²) in [4.78, 5) is 22.1. The molecule has 30 heavy (non-hydrogen) atoms. The minimum Gasteiger partial charge on any atom is -0.452 e. The van der Waals surface area contributed by atoms with E-state index in [1.54, 1.807) is 16.9 Å². The van der Waals surface area contributed by atoms with Gasteiger partial charge in [0.25, 0.3) is 0 Å². The van der Waals surface area contributed by atoms with Gasteiger partial charge in [0, 0.05) is 12.1 Å². The highest BCUT2D eigenvalue weighted by Crippen LogP contribution is 2.26. The predicted molar refractivity (Wildman–Crippen MR) is 112 cm³/mol. The van der Waals surface area contributed by atoms with Crippen molar-refractivity contribution in [2.45, 2.75) is 20.1 Å². The fourth-order valence-electron chi connectivity index (χ4n) is 3.39. The first-order chi connectivity index (χ1) is 14.7. The lowest BCUT2D eigenvalue weighted by molar-refractivity contribution is 0.0442. The van der Waals surface area contributed by atoms with Crippen LogP contribution in [0, 0.1) is 0 Å². The average Bonchev–Trinajstić information content (AvgIpc) is 3.40. The third kappa shape index (κ3) is 3.20. The van der Waals surface area contributed by atoms with Gasteiger partial charge in [0.2, 0.25) is 5.89 Å². The van der Waals surface area contributed by atoms with Crippen molar-refractivity contribution in [2.75, 3.05) is 0 Å². The van der Waals surface area contributed by atoms with Crippen molar-refractivity contribution in [3.05, 3.63) is 78.3 Å². The first-order valence-electron chi connectivity index (χ1n) is 9.66. The minimum absolute atomic E-state index is 0.0556. The van der Waals surface area contributed by atoms with Crippen molar-refractivity contribution < 1.29 is 13.9 Å². The number of fused-ring (bicyclic) bond motifs is 2. The first-order valence-corrected chi connectivity index (χ1v) is 9.66. The highest BCUT2D eigenvalue weighted by Gasteiger charge is 2.19. The summed E-state index contributed by atoms with van der Waals surface area (Å²) in [6, 6.07) is 18.9. The summed E-state index contributed by atoms with van der Waals surface area (Å²) in [6.45, 7) is 2.57. The monoisotopic (exact) mass is 398 g/mol. The molecule has 0 radical (unpaired) electrons. The number of rotatable bonds is 5. The molecule has 0 saturated carbocycles. The van der Waals surface area contributed by atoms with Crippen molar-refractivity contribution in [2.24, 2.45) is 0 Å². The predicted octanol–water partition coefficient (Wildman–Crippen LogP) is 4.62. The second-order valence-electron chi connectivity index (χ2n) is 6.77. The second-order valence-corrected chi connectivity index (χ2v) is 6.77. The van der Waals surface area contributed by atoms with Crippen molar-refractivity contribution in [3.63, 3.8) is 0 Å². The fraction of sp³-hybridized carbons (Fsp3) is 0.130. The Labute approximate surface area is 171 Å². The van der Waals surface area contributed by atoms with Gasteiger partial charge in [0.15, 0.2) is 17.8 Å². The Bertz CT molecular complexity index is 1320. The molecule has 7 nitrogen and oxygen atoms in total. The molecule has 5 rings (SSSR count). The lowest BCUT2D eigenvalue weighted by atomic mass is 10.1. The number of para-hydroxylation sites is 2. The van der Waals surface area contributed by atoms with Crippen LogP contribution in [0.4, 0.5) is 0 Å². The largest absolute Gasteiger partial charge is 0.452 e. The molecule has 0 saturated heterocycles. The molecule has 0 N–H and O–H groups in total. The van der Waals surface area contributed by atoms with Gasteiger partial charge in [-0.05, 0) is 25.1 Å². The molecule has 7 heteroatoms. The third-order valence-corrected chi connectivity index (χ3v) is 4.86. The number of ether oxygens (including phenoxy) is 1. The highest BCUT2D eigenvalue weighted by atomic mass is 16.5. The van der Waals surface area contributed by atoms with Crippen LogP contribution in [0.1, 0.15) is 23.2 Å². The summed E-state index contributed by atoms with van der Waals surface area (Å²) in [5.41, 5.74) is 4.04. The fourth-order valence-corrected chi connectivity index (χ4v) is 3.39. The van der Waals surface area contributed by atoms with Crippen LogP contribution in [0.3, 0.4) is 0 Å². The summed E-state index contributed by atoms with van der Waals surface area (Å²) in [5, 5.41) is 5.01. The van der Waals surface area contributed by atoms with Crippen LogP contribution in [0.15, 0.2) is 71.3 Å². The summed E-state index contributed by atoms with van der Waals surface area (Å²) in [5.74, 6) is -0.125. The van der Waals surface area contributed by atoms with Crippen LogP contribution in [0.2, 0.25) is 0 Å². The van der Waals surface area contributed by atoms with Crippen LogP contribution in [-0.4, -0.2) is 25.7 Å². The maximum atomic E-state index is 13.0. The van der Waals surface area contributed by atoms with Gasteiger partial charge in [0.05, 0.1) is 22.8 Å². The van der Waals surface area contributed by atoms with Crippen molar-refractivity contribution >= 4 is 28.1 Å². The molecule has 0 bridgehead atoms. The number of benzene rings is 2. The number of pyridine rings is 1. The van der Waals surface area contributed by atoms with E-state index in [-0.39, 0.29) is 6.61 Å². The molecule has 5 aromatic rings. The summed E-state index contributed by atoms with van der Waals surface area (Å²) in [7, 11) is 0. The standard InChI is InChI=1S/C23H18N4O3/c1-2-27-22-17(13-24-27)16(12-19(26-22)15-8-4-3-5-9-15)23(28)29-14-21-25-18-10-6-7-11-20(18)30-21/h3-13H,2,14H2,1H3. The van der Waals surface area contributed by atoms with E-state index in [1.165, 1.54) is 0 Å². The van der Waals surface area contributed by atoms with Gasteiger partial charge in [0.1, 0.15) is 5.52 Å². The molecular formula is C23H18N4O3. The normalized spacial score (nSPS) is 11.2. The summed E-state index contributed by atoms with van der Waals surface area (Å²) >= 11 is 0. The minimum atomic E-state index is -0.475. The summed E-state index contributed by atoms with van der Waals surface area (Å²) < 4.78 is 12.9. The Morgan fingerprint density at radius 2 is 1.87 bits per heavy atom. The molecule has 0 aliphatic carbocycles. The smallest absolute Gasteiger partial charge is 0.339 e. The molecule has 0 unspecified atom stereocenters. The topological polar surface area (TPSA) is 83.0 Å². The molecule has 2 aromatic carbocycles. The van der Waals surface area contributed by atoms with Crippen molar-refractivity contribution in [1.29, 1.82) is 0 Å². The Balaban J connectivity index is 1.50. The molecular weight excluding hydrogens is 380 g/mol. The van der Waals surface area contributed by atoms with Gasteiger partial charge in [-0.15, -0.1) is 0 Å². The maximum Gasteiger partial charge on any atom is 0.339 e.